The number of amides is 1. The molecular formula is C32H47N5O4SSi. The molecule has 3 rings (SSSR count). The fraction of sp³-hybridized carbons (Fsp3) is 0.562. The Balaban J connectivity index is 2.14. The Morgan fingerprint density at radius 3 is 2.09 bits per heavy atom. The maximum Gasteiger partial charge on any atom is 0.411 e. The molecule has 9 nitrogen and oxygen atoms in total. The summed E-state index contributed by atoms with van der Waals surface area (Å²) in [6.45, 7) is 16.9. The summed E-state index contributed by atoms with van der Waals surface area (Å²) in [5.41, 5.74) is 7.52. The molecule has 2 aromatic rings. The number of carbonyl (C=O) groups is 1. The van der Waals surface area contributed by atoms with Gasteiger partial charge in [0, 0.05) is 24.2 Å². The quantitative estimate of drug-likeness (QED) is 0.0627. The molecule has 1 fully saturated rings. The molecule has 0 unspecified atom stereocenters. The minimum absolute atomic E-state index is 0.277. The average molecular weight is 626 g/mol. The van der Waals surface area contributed by atoms with Crippen LogP contribution >= 0.6 is 0 Å². The minimum atomic E-state index is -3.00. The highest BCUT2D eigenvalue weighted by molar-refractivity contribution is 7.85. The van der Waals surface area contributed by atoms with Crippen LogP contribution in [0.25, 0.3) is 10.4 Å². The molecule has 0 aliphatic carbocycles. The van der Waals surface area contributed by atoms with Gasteiger partial charge in [0.2, 0.25) is 0 Å². The van der Waals surface area contributed by atoms with E-state index in [0.29, 0.717) is 32.4 Å². The van der Waals surface area contributed by atoms with E-state index in [4.69, 9.17) is 14.7 Å². The number of carbonyl (C=O) groups excluding carboxylic acids is 1. The zero-order chi connectivity index (χ0) is 31.9. The molecule has 0 spiro atoms. The number of rotatable bonds is 13. The molecule has 11 heteroatoms. The first-order chi connectivity index (χ1) is 20.2. The van der Waals surface area contributed by atoms with E-state index in [1.54, 1.807) is 11.1 Å². The van der Waals surface area contributed by atoms with Gasteiger partial charge in [-0.15, -0.1) is 0 Å². The molecule has 2 aromatic carbocycles. The summed E-state index contributed by atoms with van der Waals surface area (Å²) in [6, 6.07) is 20.1. The van der Waals surface area contributed by atoms with Crippen molar-refractivity contribution < 1.29 is 18.2 Å². The second-order valence-corrected chi connectivity index (χ2v) is 19.3. The Kier molecular flexibility index (Phi) is 11.4. The number of ether oxygens (including phenoxy) is 1. The molecule has 1 aliphatic heterocycles. The van der Waals surface area contributed by atoms with E-state index in [0.717, 1.165) is 10.4 Å². The highest BCUT2D eigenvalue weighted by atomic mass is 32.2. The summed E-state index contributed by atoms with van der Waals surface area (Å²) in [7, 11) is -4.52. The Morgan fingerprint density at radius 1 is 1.07 bits per heavy atom. The summed E-state index contributed by atoms with van der Waals surface area (Å²) >= 11 is 0. The highest BCUT2D eigenvalue weighted by Crippen LogP contribution is 2.42. The monoisotopic (exact) mass is 625 g/mol. The van der Waals surface area contributed by atoms with E-state index in [1.165, 1.54) is 0 Å². The maximum absolute atomic E-state index is 13.5. The Morgan fingerprint density at radius 2 is 1.63 bits per heavy atom. The molecule has 0 radical (unpaired) electrons. The third-order valence-corrected chi connectivity index (χ3v) is 14.4. The lowest BCUT2D eigenvalue weighted by atomic mass is 9.89. The van der Waals surface area contributed by atoms with Crippen molar-refractivity contribution in [2.24, 2.45) is 9.51 Å². The maximum atomic E-state index is 13.5. The molecule has 0 N–H and O–H groups in total. The van der Waals surface area contributed by atoms with Crippen molar-refractivity contribution in [1.29, 1.82) is 0 Å². The van der Waals surface area contributed by atoms with Crippen LogP contribution < -0.4 is 10.4 Å². The van der Waals surface area contributed by atoms with Crippen molar-refractivity contribution in [2.75, 3.05) is 13.1 Å². The molecular weight excluding hydrogens is 579 g/mol. The van der Waals surface area contributed by atoms with Gasteiger partial charge in [-0.3, -0.25) is 4.90 Å². The van der Waals surface area contributed by atoms with Gasteiger partial charge in [-0.1, -0.05) is 93.5 Å². The third-order valence-electron chi connectivity index (χ3n) is 8.00. The molecule has 1 aliphatic rings. The molecule has 1 saturated heterocycles. The van der Waals surface area contributed by atoms with Gasteiger partial charge in [-0.25, -0.2) is 9.00 Å². The number of cyclic esters (lactones) is 1. The number of hydrogen-bond donors (Lipinski definition) is 0. The molecule has 4 atom stereocenters. The smallest absolute Gasteiger partial charge is 0.411 e. The summed E-state index contributed by atoms with van der Waals surface area (Å²) in [4.78, 5) is 18.0. The fourth-order valence-corrected chi connectivity index (χ4v) is 11.1. The van der Waals surface area contributed by atoms with Crippen LogP contribution in [-0.4, -0.2) is 65.3 Å². The standard InChI is InChI=1S/C32H47N5O4SSi/c1-9-28(41-43(31(5,6)7,25-18-12-10-13-19-25)26-20-14-11-15-21-26)32(8)27(24-35-42(39)30(2,3)4)37(29(38)40-32)23-17-16-22-34-36-33/h10-15,18-21,24,27-28H,9,16-17,22-23H2,1-8H3/t27-,28-,32+,42+/m1/s1. The van der Waals surface area contributed by atoms with E-state index in [9.17, 15) is 9.00 Å². The van der Waals surface area contributed by atoms with Crippen LogP contribution in [0.1, 0.15) is 74.7 Å². The van der Waals surface area contributed by atoms with Crippen molar-refractivity contribution in [1.82, 2.24) is 4.90 Å². The fourth-order valence-electron chi connectivity index (χ4n) is 5.74. The van der Waals surface area contributed by atoms with E-state index in [1.807, 2.05) is 71.0 Å². The van der Waals surface area contributed by atoms with E-state index in [-0.39, 0.29) is 5.04 Å². The predicted molar refractivity (Wildman–Crippen MR) is 178 cm³/mol. The number of unbranched alkanes of at least 4 members (excludes halogenated alkanes) is 1. The average Bonchev–Trinajstić information content (AvgIpc) is 3.20. The van der Waals surface area contributed by atoms with Gasteiger partial charge in [0.15, 0.2) is 5.60 Å². The first-order valence-electron chi connectivity index (χ1n) is 15.0. The van der Waals surface area contributed by atoms with Gasteiger partial charge >= 0.3 is 6.09 Å². The van der Waals surface area contributed by atoms with Crippen LogP contribution in [-0.2, 0) is 20.1 Å². The summed E-state index contributed by atoms with van der Waals surface area (Å²) in [5, 5.41) is 5.60. The Labute approximate surface area is 260 Å². The van der Waals surface area contributed by atoms with Crippen molar-refractivity contribution in [3.05, 3.63) is 71.1 Å². The number of azide groups is 1. The van der Waals surface area contributed by atoms with Crippen LogP contribution in [0.4, 0.5) is 4.79 Å². The van der Waals surface area contributed by atoms with Crippen molar-refractivity contribution >= 4 is 42.0 Å². The van der Waals surface area contributed by atoms with E-state index in [2.05, 4.69) is 59.5 Å². The molecule has 234 valence electrons. The van der Waals surface area contributed by atoms with Crippen molar-refractivity contribution in [3.8, 4) is 0 Å². The molecule has 1 amide bonds. The Bertz CT molecular complexity index is 1280. The van der Waals surface area contributed by atoms with Crippen molar-refractivity contribution in [3.63, 3.8) is 0 Å². The zero-order valence-electron chi connectivity index (χ0n) is 26.8. The third kappa shape index (κ3) is 7.57. The SMILES string of the molecule is CC[C@@H](O[Si](c1ccccc1)(c1ccccc1)C(C)(C)C)[C@@]1(C)OC(=O)N(CCCCN=[N+]=[N-])[C@@H]1C=N[S@@](=O)C(C)(C)C. The van der Waals surface area contributed by atoms with Crippen LogP contribution in [0, 0.1) is 0 Å². The lowest BCUT2D eigenvalue weighted by Crippen LogP contribution is -2.70. The van der Waals surface area contributed by atoms with Gasteiger partial charge in [0.25, 0.3) is 8.32 Å². The molecule has 0 aromatic heterocycles. The van der Waals surface area contributed by atoms with Gasteiger partial charge in [-0.2, -0.15) is 4.40 Å². The van der Waals surface area contributed by atoms with Gasteiger partial charge in [0.1, 0.15) is 17.0 Å². The lowest BCUT2D eigenvalue weighted by Gasteiger charge is -2.48. The first kappa shape index (κ1) is 34.5. The second-order valence-electron chi connectivity index (χ2n) is 13.1. The number of nitrogens with zero attached hydrogens (tertiary/aromatic N) is 5. The van der Waals surface area contributed by atoms with Gasteiger partial charge in [0.05, 0.1) is 10.9 Å². The highest BCUT2D eigenvalue weighted by Gasteiger charge is 2.59. The summed E-state index contributed by atoms with van der Waals surface area (Å²) in [5.74, 6) is 0. The van der Waals surface area contributed by atoms with E-state index < -0.39 is 47.9 Å². The molecule has 0 saturated carbocycles. The first-order valence-corrected chi connectivity index (χ1v) is 18.0. The van der Waals surface area contributed by atoms with Crippen LogP contribution in [0.3, 0.4) is 0 Å². The molecule has 0 bridgehead atoms. The molecule has 1 heterocycles. The normalized spacial score (nSPS) is 21.0. The topological polar surface area (TPSA) is 117 Å². The largest absolute Gasteiger partial charge is 0.438 e. The van der Waals surface area contributed by atoms with Gasteiger partial charge in [-0.05, 0) is 67.9 Å². The van der Waals surface area contributed by atoms with Crippen molar-refractivity contribution in [2.45, 2.75) is 102 Å². The molecule has 43 heavy (non-hydrogen) atoms. The van der Waals surface area contributed by atoms with Gasteiger partial charge < -0.3 is 9.16 Å². The predicted octanol–water partition coefficient (Wildman–Crippen LogP) is 6.54. The summed E-state index contributed by atoms with van der Waals surface area (Å²) in [6.07, 6.45) is 2.47. The number of benzene rings is 2. The van der Waals surface area contributed by atoms with Crippen LogP contribution in [0.15, 0.2) is 70.2 Å². The number of hydrogen-bond acceptors (Lipinski definition) is 5. The zero-order valence-corrected chi connectivity index (χ0v) is 28.6. The van der Waals surface area contributed by atoms with Crippen LogP contribution in [0.2, 0.25) is 5.04 Å². The Hall–Kier alpha value is -2.98. The van der Waals surface area contributed by atoms with E-state index >= 15 is 0 Å². The van der Waals surface area contributed by atoms with Crippen LogP contribution in [0.5, 0.6) is 0 Å². The minimum Gasteiger partial charge on any atom is -0.438 e. The summed E-state index contributed by atoms with van der Waals surface area (Å²) < 4.78 is 30.7. The second kappa shape index (κ2) is 14.2. The lowest BCUT2D eigenvalue weighted by molar-refractivity contribution is -0.0405.